The summed E-state index contributed by atoms with van der Waals surface area (Å²) in [5.41, 5.74) is 2.80. The van der Waals surface area contributed by atoms with Crippen LogP contribution in [0.2, 0.25) is 10.2 Å². The third-order valence-corrected chi connectivity index (χ3v) is 6.06. The van der Waals surface area contributed by atoms with Gasteiger partial charge in [-0.1, -0.05) is 58.7 Å². The maximum Gasteiger partial charge on any atom is 0.258 e. The van der Waals surface area contributed by atoms with E-state index in [1.54, 1.807) is 0 Å². The van der Waals surface area contributed by atoms with Crippen molar-refractivity contribution in [3.8, 4) is 17.2 Å². The van der Waals surface area contributed by atoms with Crippen LogP contribution < -0.4 is 4.74 Å². The Morgan fingerprint density at radius 1 is 1.03 bits per heavy atom. The Labute approximate surface area is 205 Å². The summed E-state index contributed by atoms with van der Waals surface area (Å²) in [6.07, 6.45) is 0. The second-order valence-corrected chi connectivity index (χ2v) is 8.40. The number of ketones is 1. The van der Waals surface area contributed by atoms with Crippen molar-refractivity contribution in [1.82, 2.24) is 14.7 Å². The van der Waals surface area contributed by atoms with Gasteiger partial charge in [0.1, 0.15) is 10.9 Å². The molecule has 0 unspecified atom stereocenters. The van der Waals surface area contributed by atoms with Crippen molar-refractivity contribution in [3.63, 3.8) is 0 Å². The number of nitrogens with zero attached hydrogens (tertiary/aromatic N) is 3. The van der Waals surface area contributed by atoms with Crippen molar-refractivity contribution in [2.45, 2.75) is 13.5 Å². The average Bonchev–Trinajstić information content (AvgIpc) is 3.45. The summed E-state index contributed by atoms with van der Waals surface area (Å²) >= 11 is 12.9. The molecule has 0 spiro atoms. The van der Waals surface area contributed by atoms with Crippen molar-refractivity contribution >= 4 is 39.9 Å². The average molecular weight is 492 g/mol. The molecule has 3 aromatic carbocycles. The van der Waals surface area contributed by atoms with Crippen molar-refractivity contribution in [2.24, 2.45) is 0 Å². The largest absolute Gasteiger partial charge is 0.494 e. The molecule has 0 bridgehead atoms. The zero-order chi connectivity index (χ0) is 23.7. The predicted molar refractivity (Wildman–Crippen MR) is 132 cm³/mol. The SMILES string of the molecule is CCOc1ccc2c(c1)c(C(=O)c1noc(-c3ccccc3)n1)c(Cl)n2Cc1ccc(Cl)cc1. The number of aromatic nitrogens is 3. The van der Waals surface area contributed by atoms with E-state index < -0.39 is 5.78 Å². The van der Waals surface area contributed by atoms with Gasteiger partial charge in [0.2, 0.25) is 11.6 Å². The van der Waals surface area contributed by atoms with Gasteiger partial charge in [-0.3, -0.25) is 4.79 Å². The lowest BCUT2D eigenvalue weighted by Crippen LogP contribution is -2.05. The first-order valence-electron chi connectivity index (χ1n) is 10.7. The van der Waals surface area contributed by atoms with Crippen molar-refractivity contribution in [1.29, 1.82) is 0 Å². The molecule has 34 heavy (non-hydrogen) atoms. The number of carbonyl (C=O) groups excluding carboxylic acids is 1. The van der Waals surface area contributed by atoms with Crippen molar-refractivity contribution in [3.05, 3.63) is 99.9 Å². The van der Waals surface area contributed by atoms with E-state index in [1.807, 2.05) is 84.3 Å². The van der Waals surface area contributed by atoms with Gasteiger partial charge < -0.3 is 13.8 Å². The standard InChI is InChI=1S/C26H19Cl2N3O3/c1-2-33-19-12-13-21-20(14-19)22(24(28)31(21)15-16-8-10-18(27)11-9-16)23(32)25-29-26(34-30-25)17-6-4-3-5-7-17/h3-14H,2,15H2,1H3. The molecule has 0 atom stereocenters. The zero-order valence-electron chi connectivity index (χ0n) is 18.2. The predicted octanol–water partition coefficient (Wildman–Crippen LogP) is 6.68. The summed E-state index contributed by atoms with van der Waals surface area (Å²) in [4.78, 5) is 17.9. The van der Waals surface area contributed by atoms with Crippen LogP contribution in [0.5, 0.6) is 5.75 Å². The lowest BCUT2D eigenvalue weighted by molar-refractivity contribution is 0.102. The Morgan fingerprint density at radius 2 is 1.79 bits per heavy atom. The van der Waals surface area contributed by atoms with Crippen LogP contribution in [-0.4, -0.2) is 27.1 Å². The highest BCUT2D eigenvalue weighted by Gasteiger charge is 2.27. The molecule has 5 rings (SSSR count). The van der Waals surface area contributed by atoms with E-state index in [0.29, 0.717) is 34.9 Å². The van der Waals surface area contributed by atoms with Gasteiger partial charge >= 0.3 is 0 Å². The van der Waals surface area contributed by atoms with Gasteiger partial charge in [-0.15, -0.1) is 0 Å². The Hall–Kier alpha value is -3.61. The number of benzene rings is 3. The quantitative estimate of drug-likeness (QED) is 0.237. The number of hydrogen-bond donors (Lipinski definition) is 0. The molecule has 2 aromatic heterocycles. The fourth-order valence-electron chi connectivity index (χ4n) is 3.83. The minimum absolute atomic E-state index is 0.0619. The minimum atomic E-state index is -0.426. The molecule has 0 saturated carbocycles. The Balaban J connectivity index is 1.61. The summed E-state index contributed by atoms with van der Waals surface area (Å²) in [6, 6.07) is 22.3. The normalized spacial score (nSPS) is 11.1. The first kappa shape index (κ1) is 22.2. The van der Waals surface area contributed by atoms with Gasteiger partial charge in [0.25, 0.3) is 5.89 Å². The first-order chi connectivity index (χ1) is 16.5. The number of carbonyl (C=O) groups is 1. The molecule has 0 saturated heterocycles. The van der Waals surface area contributed by atoms with Crippen LogP contribution in [0.4, 0.5) is 0 Å². The van der Waals surface area contributed by atoms with Gasteiger partial charge in [0.05, 0.1) is 17.7 Å². The summed E-state index contributed by atoms with van der Waals surface area (Å²) in [5.74, 6) is 0.417. The topological polar surface area (TPSA) is 70.2 Å². The highest BCUT2D eigenvalue weighted by molar-refractivity contribution is 6.37. The maximum atomic E-state index is 13.6. The van der Waals surface area contributed by atoms with Crippen LogP contribution in [0.15, 0.2) is 77.3 Å². The minimum Gasteiger partial charge on any atom is -0.494 e. The number of hydrogen-bond acceptors (Lipinski definition) is 5. The van der Waals surface area contributed by atoms with Gasteiger partial charge in [0, 0.05) is 22.5 Å². The molecule has 5 aromatic rings. The fraction of sp³-hybridized carbons (Fsp3) is 0.115. The molecular weight excluding hydrogens is 473 g/mol. The van der Waals surface area contributed by atoms with E-state index in [9.17, 15) is 4.79 Å². The molecule has 0 aliphatic heterocycles. The maximum absolute atomic E-state index is 13.6. The fourth-order valence-corrected chi connectivity index (χ4v) is 4.29. The molecule has 170 valence electrons. The summed E-state index contributed by atoms with van der Waals surface area (Å²) in [5, 5.41) is 5.52. The number of rotatable bonds is 7. The molecule has 8 heteroatoms. The molecule has 6 nitrogen and oxygen atoms in total. The smallest absolute Gasteiger partial charge is 0.258 e. The molecule has 0 aliphatic carbocycles. The molecular formula is C26H19Cl2N3O3. The van der Waals surface area contributed by atoms with E-state index in [4.69, 9.17) is 32.5 Å². The van der Waals surface area contributed by atoms with Crippen LogP contribution in [0, 0.1) is 0 Å². The lowest BCUT2D eigenvalue weighted by Gasteiger charge is -2.08. The third-order valence-electron chi connectivity index (χ3n) is 5.41. The number of ether oxygens (including phenoxy) is 1. The van der Waals surface area contributed by atoms with E-state index in [0.717, 1.165) is 16.6 Å². The van der Waals surface area contributed by atoms with Crippen LogP contribution >= 0.6 is 23.2 Å². The summed E-state index contributed by atoms with van der Waals surface area (Å²) in [7, 11) is 0. The third kappa shape index (κ3) is 4.18. The molecule has 0 fully saturated rings. The van der Waals surface area contributed by atoms with Gasteiger partial charge in [-0.2, -0.15) is 4.98 Å². The highest BCUT2D eigenvalue weighted by atomic mass is 35.5. The van der Waals surface area contributed by atoms with Gasteiger partial charge in [0.15, 0.2) is 0 Å². The lowest BCUT2D eigenvalue weighted by atomic mass is 10.1. The second-order valence-electron chi connectivity index (χ2n) is 7.61. The van der Waals surface area contributed by atoms with Crippen molar-refractivity contribution in [2.75, 3.05) is 6.61 Å². The Morgan fingerprint density at radius 3 is 2.53 bits per heavy atom. The molecule has 2 heterocycles. The van der Waals surface area contributed by atoms with Crippen LogP contribution in [0.25, 0.3) is 22.4 Å². The van der Waals surface area contributed by atoms with Crippen molar-refractivity contribution < 1.29 is 14.1 Å². The Kier molecular flexibility index (Phi) is 6.09. The monoisotopic (exact) mass is 491 g/mol. The number of halogens is 2. The van der Waals surface area contributed by atoms with Crippen LogP contribution in [0.3, 0.4) is 0 Å². The molecule has 0 N–H and O–H groups in total. The van der Waals surface area contributed by atoms with Gasteiger partial charge in [-0.05, 0) is 55.0 Å². The zero-order valence-corrected chi connectivity index (χ0v) is 19.7. The second kappa shape index (κ2) is 9.33. The molecule has 0 amide bonds. The highest BCUT2D eigenvalue weighted by Crippen LogP contribution is 2.35. The van der Waals surface area contributed by atoms with E-state index in [2.05, 4.69) is 10.1 Å². The summed E-state index contributed by atoms with van der Waals surface area (Å²) in [6.45, 7) is 2.86. The Bertz CT molecular complexity index is 1480. The van der Waals surface area contributed by atoms with E-state index in [-0.39, 0.29) is 16.9 Å². The van der Waals surface area contributed by atoms with Gasteiger partial charge in [-0.25, -0.2) is 0 Å². The van der Waals surface area contributed by atoms with E-state index >= 15 is 0 Å². The van der Waals surface area contributed by atoms with Crippen LogP contribution in [0.1, 0.15) is 28.7 Å². The van der Waals surface area contributed by atoms with Crippen LogP contribution in [-0.2, 0) is 6.54 Å². The molecule has 0 aliphatic rings. The molecule has 0 radical (unpaired) electrons. The van der Waals surface area contributed by atoms with E-state index in [1.165, 1.54) is 0 Å². The number of fused-ring (bicyclic) bond motifs is 1. The summed E-state index contributed by atoms with van der Waals surface area (Å²) < 4.78 is 12.9. The first-order valence-corrected chi connectivity index (χ1v) is 11.4.